The average Bonchev–Trinajstić information content (AvgIpc) is 3.11. The van der Waals surface area contributed by atoms with E-state index >= 15 is 0 Å². The van der Waals surface area contributed by atoms with Crippen LogP contribution in [0.15, 0.2) is 17.5 Å². The van der Waals surface area contributed by atoms with Crippen LogP contribution in [0.2, 0.25) is 0 Å². The van der Waals surface area contributed by atoms with Crippen molar-refractivity contribution in [3.8, 4) is 0 Å². The number of hydrazine groups is 1. The third kappa shape index (κ3) is 4.19. The standard InChI is InChI=1S/C12H16N4O2S2/c1-14-11-15-8(7-19-11)2-3-9-4-5-10(20-9)6-18-12(17)16-13/h4-5,7H,2-3,6,13H2,1H3,(H,14,15)(H,16,17). The van der Waals surface area contributed by atoms with E-state index in [1.54, 1.807) is 22.7 Å². The molecule has 0 fully saturated rings. The number of thiophene rings is 1. The number of rotatable bonds is 6. The van der Waals surface area contributed by atoms with Gasteiger partial charge in [-0.15, -0.1) is 22.7 Å². The van der Waals surface area contributed by atoms with Crippen LogP contribution in [0.4, 0.5) is 9.93 Å². The molecule has 2 rings (SSSR count). The fourth-order valence-electron chi connectivity index (χ4n) is 1.60. The number of thiazole rings is 1. The Bertz CT molecular complexity index is 567. The fraction of sp³-hybridized carbons (Fsp3) is 0.333. The summed E-state index contributed by atoms with van der Waals surface area (Å²) < 4.78 is 4.89. The largest absolute Gasteiger partial charge is 0.443 e. The van der Waals surface area contributed by atoms with Crippen molar-refractivity contribution in [3.05, 3.63) is 33.0 Å². The lowest BCUT2D eigenvalue weighted by Gasteiger charge is -2.00. The van der Waals surface area contributed by atoms with E-state index in [1.165, 1.54) is 4.88 Å². The Labute approximate surface area is 124 Å². The number of carbonyl (C=O) groups excluding carboxylic acids is 1. The predicted octanol–water partition coefficient (Wildman–Crippen LogP) is 2.13. The quantitative estimate of drug-likeness (QED) is 0.432. The van der Waals surface area contributed by atoms with Crippen molar-refractivity contribution in [2.24, 2.45) is 5.84 Å². The molecular formula is C12H16N4O2S2. The first-order valence-electron chi connectivity index (χ1n) is 6.04. The van der Waals surface area contributed by atoms with Gasteiger partial charge in [0.1, 0.15) is 6.61 Å². The van der Waals surface area contributed by atoms with E-state index in [1.807, 2.05) is 18.5 Å². The Morgan fingerprint density at radius 3 is 2.90 bits per heavy atom. The third-order valence-electron chi connectivity index (χ3n) is 2.57. The van der Waals surface area contributed by atoms with Crippen molar-refractivity contribution in [3.63, 3.8) is 0 Å². The summed E-state index contributed by atoms with van der Waals surface area (Å²) in [6.45, 7) is 0.244. The minimum atomic E-state index is -0.623. The number of nitrogens with zero attached hydrogens (tertiary/aromatic N) is 1. The molecule has 0 aliphatic carbocycles. The molecular weight excluding hydrogens is 296 g/mol. The molecule has 2 aromatic heterocycles. The first-order chi connectivity index (χ1) is 9.71. The second kappa shape index (κ2) is 7.22. The number of nitrogens with one attached hydrogen (secondary N) is 2. The normalized spacial score (nSPS) is 10.3. The summed E-state index contributed by atoms with van der Waals surface area (Å²) in [6.07, 6.45) is 1.21. The summed E-state index contributed by atoms with van der Waals surface area (Å²) in [5.74, 6) is 4.93. The lowest BCUT2D eigenvalue weighted by Crippen LogP contribution is -2.30. The Morgan fingerprint density at radius 1 is 1.40 bits per heavy atom. The first kappa shape index (κ1) is 14.8. The van der Waals surface area contributed by atoms with Crippen molar-refractivity contribution in [2.45, 2.75) is 19.4 Å². The number of nitrogens with two attached hydrogens (primary N) is 1. The Morgan fingerprint density at radius 2 is 2.20 bits per heavy atom. The number of hydrogen-bond donors (Lipinski definition) is 3. The van der Waals surface area contributed by atoms with Gasteiger partial charge in [-0.25, -0.2) is 15.6 Å². The van der Waals surface area contributed by atoms with Crippen LogP contribution in [0.25, 0.3) is 0 Å². The van der Waals surface area contributed by atoms with E-state index in [-0.39, 0.29) is 6.61 Å². The average molecular weight is 312 g/mol. The maximum absolute atomic E-state index is 10.9. The fourth-order valence-corrected chi connectivity index (χ4v) is 3.24. The predicted molar refractivity (Wildman–Crippen MR) is 80.9 cm³/mol. The van der Waals surface area contributed by atoms with Gasteiger partial charge in [0.05, 0.1) is 5.69 Å². The number of anilines is 1. The highest BCUT2D eigenvalue weighted by atomic mass is 32.1. The van der Waals surface area contributed by atoms with Gasteiger partial charge in [0.15, 0.2) is 5.13 Å². The summed E-state index contributed by atoms with van der Waals surface area (Å²) >= 11 is 3.24. The van der Waals surface area contributed by atoms with Gasteiger partial charge in [-0.1, -0.05) is 0 Å². The lowest BCUT2D eigenvalue weighted by molar-refractivity contribution is 0.141. The van der Waals surface area contributed by atoms with Crippen LogP contribution in [0.1, 0.15) is 15.4 Å². The molecule has 0 unspecified atom stereocenters. The molecule has 0 atom stereocenters. The zero-order valence-electron chi connectivity index (χ0n) is 11.0. The van der Waals surface area contributed by atoms with Crippen molar-refractivity contribution >= 4 is 33.9 Å². The molecule has 2 aromatic rings. The highest BCUT2D eigenvalue weighted by Gasteiger charge is 2.05. The molecule has 0 aromatic carbocycles. The maximum atomic E-state index is 10.9. The molecule has 2 heterocycles. The van der Waals surface area contributed by atoms with Gasteiger partial charge in [0, 0.05) is 22.2 Å². The monoisotopic (exact) mass is 312 g/mol. The second-order valence-electron chi connectivity index (χ2n) is 3.98. The number of amides is 1. The Hall–Kier alpha value is -1.64. The summed E-state index contributed by atoms with van der Waals surface area (Å²) in [7, 11) is 1.87. The molecule has 0 aliphatic heterocycles. The molecule has 0 spiro atoms. The van der Waals surface area contributed by atoms with Crippen LogP contribution in [0, 0.1) is 0 Å². The highest BCUT2D eigenvalue weighted by molar-refractivity contribution is 7.13. The zero-order valence-corrected chi connectivity index (χ0v) is 12.6. The Kier molecular flexibility index (Phi) is 5.33. The van der Waals surface area contributed by atoms with Gasteiger partial charge in [0.2, 0.25) is 0 Å². The summed E-state index contributed by atoms with van der Waals surface area (Å²) in [5.41, 5.74) is 3.02. The van der Waals surface area contributed by atoms with E-state index in [0.29, 0.717) is 0 Å². The molecule has 0 radical (unpaired) electrons. The number of hydrogen-bond acceptors (Lipinski definition) is 7. The van der Waals surface area contributed by atoms with E-state index < -0.39 is 6.09 Å². The maximum Gasteiger partial charge on any atom is 0.421 e. The molecule has 20 heavy (non-hydrogen) atoms. The van der Waals surface area contributed by atoms with E-state index in [9.17, 15) is 4.79 Å². The number of aromatic nitrogens is 1. The molecule has 1 amide bonds. The highest BCUT2D eigenvalue weighted by Crippen LogP contribution is 2.21. The van der Waals surface area contributed by atoms with Crippen LogP contribution in [0.5, 0.6) is 0 Å². The van der Waals surface area contributed by atoms with Crippen molar-refractivity contribution in [1.29, 1.82) is 0 Å². The molecule has 0 aliphatic rings. The van der Waals surface area contributed by atoms with E-state index in [0.717, 1.165) is 28.5 Å². The van der Waals surface area contributed by atoms with Gasteiger partial charge in [0.25, 0.3) is 0 Å². The van der Waals surface area contributed by atoms with Crippen molar-refractivity contribution in [1.82, 2.24) is 10.4 Å². The molecule has 0 bridgehead atoms. The van der Waals surface area contributed by atoms with Gasteiger partial charge in [-0.05, 0) is 25.0 Å². The van der Waals surface area contributed by atoms with Crippen LogP contribution < -0.4 is 16.6 Å². The van der Waals surface area contributed by atoms with E-state index in [2.05, 4.69) is 21.7 Å². The number of ether oxygens (including phenoxy) is 1. The summed E-state index contributed by atoms with van der Waals surface area (Å²) in [6, 6.07) is 4.01. The SMILES string of the molecule is CNc1nc(CCc2ccc(COC(=O)NN)s2)cs1. The number of aryl methyl sites for hydroxylation is 2. The molecule has 8 heteroatoms. The van der Waals surface area contributed by atoms with Crippen molar-refractivity contribution < 1.29 is 9.53 Å². The topological polar surface area (TPSA) is 89.3 Å². The zero-order chi connectivity index (χ0) is 14.4. The van der Waals surface area contributed by atoms with Gasteiger partial charge >= 0.3 is 6.09 Å². The smallest absolute Gasteiger partial charge is 0.421 e. The summed E-state index contributed by atoms with van der Waals surface area (Å²) in [5, 5.41) is 6.03. The van der Waals surface area contributed by atoms with Crippen LogP contribution in [0.3, 0.4) is 0 Å². The van der Waals surface area contributed by atoms with Gasteiger partial charge in [-0.2, -0.15) is 0 Å². The minimum absolute atomic E-state index is 0.244. The molecule has 0 saturated carbocycles. The molecule has 4 N–H and O–H groups in total. The second-order valence-corrected chi connectivity index (χ2v) is 6.09. The lowest BCUT2D eigenvalue weighted by atomic mass is 10.2. The van der Waals surface area contributed by atoms with Crippen molar-refractivity contribution in [2.75, 3.05) is 12.4 Å². The van der Waals surface area contributed by atoms with E-state index in [4.69, 9.17) is 10.6 Å². The van der Waals surface area contributed by atoms with Gasteiger partial charge in [-0.3, -0.25) is 5.43 Å². The third-order valence-corrected chi connectivity index (χ3v) is 4.60. The molecule has 108 valence electrons. The van der Waals surface area contributed by atoms with Crippen LogP contribution in [-0.2, 0) is 24.2 Å². The minimum Gasteiger partial charge on any atom is -0.443 e. The van der Waals surface area contributed by atoms with Crippen LogP contribution in [-0.4, -0.2) is 18.1 Å². The Balaban J connectivity index is 1.81. The van der Waals surface area contributed by atoms with Crippen LogP contribution >= 0.6 is 22.7 Å². The first-order valence-corrected chi connectivity index (χ1v) is 7.74. The van der Waals surface area contributed by atoms with Gasteiger partial charge < -0.3 is 10.1 Å². The molecule has 6 nitrogen and oxygen atoms in total. The molecule has 0 saturated heterocycles. The summed E-state index contributed by atoms with van der Waals surface area (Å²) in [4.78, 5) is 17.6. The number of carbonyl (C=O) groups is 1.